The number of anilines is 1. The molecule has 5 heteroatoms. The van der Waals surface area contributed by atoms with Gasteiger partial charge in [0.15, 0.2) is 5.82 Å². The van der Waals surface area contributed by atoms with Crippen molar-refractivity contribution in [2.75, 3.05) is 24.5 Å². The Bertz CT molecular complexity index is 709. The Morgan fingerprint density at radius 3 is 2.54 bits per heavy atom. The zero-order valence-corrected chi connectivity index (χ0v) is 14.4. The molecule has 0 unspecified atom stereocenters. The van der Waals surface area contributed by atoms with Gasteiger partial charge >= 0.3 is 0 Å². The molecule has 1 aliphatic rings. The monoisotopic (exact) mass is 328 g/mol. The number of piperidine rings is 1. The molecule has 2 aromatic rings. The average Bonchev–Trinajstić information content (AvgIpc) is 2.61. The predicted molar refractivity (Wildman–Crippen MR) is 95.5 cm³/mol. The molecule has 4 nitrogen and oxygen atoms in total. The van der Waals surface area contributed by atoms with E-state index in [1.807, 2.05) is 13.0 Å². The van der Waals surface area contributed by atoms with E-state index < -0.39 is 0 Å². The van der Waals surface area contributed by atoms with E-state index in [1.54, 1.807) is 12.1 Å². The number of nitrogens with zero attached hydrogens (tertiary/aromatic N) is 3. The lowest BCUT2D eigenvalue weighted by Gasteiger charge is -2.33. The maximum absolute atomic E-state index is 14.2. The number of halogens is 1. The molecule has 0 spiro atoms. The summed E-state index contributed by atoms with van der Waals surface area (Å²) in [6.45, 7) is 6.74. The summed E-state index contributed by atoms with van der Waals surface area (Å²) in [5.74, 6) is 1.74. The van der Waals surface area contributed by atoms with Crippen LogP contribution in [0.1, 0.15) is 31.0 Å². The lowest BCUT2D eigenvalue weighted by atomic mass is 9.96. The Morgan fingerprint density at radius 2 is 1.92 bits per heavy atom. The quantitative estimate of drug-likeness (QED) is 0.935. The molecule has 0 atom stereocenters. The minimum atomic E-state index is -0.283. The van der Waals surface area contributed by atoms with Crippen LogP contribution in [-0.2, 0) is 6.42 Å². The normalized spacial score (nSPS) is 15.8. The number of benzene rings is 1. The van der Waals surface area contributed by atoms with Crippen molar-refractivity contribution >= 4 is 5.82 Å². The van der Waals surface area contributed by atoms with E-state index in [4.69, 9.17) is 10.7 Å². The summed E-state index contributed by atoms with van der Waals surface area (Å²) in [7, 11) is 0. The van der Waals surface area contributed by atoms with Crippen LogP contribution >= 0.6 is 0 Å². The minimum absolute atomic E-state index is 0.283. The number of nitrogens with two attached hydrogens (primary N) is 1. The molecule has 2 heterocycles. The van der Waals surface area contributed by atoms with E-state index in [-0.39, 0.29) is 5.82 Å². The molecule has 2 N–H and O–H groups in total. The summed E-state index contributed by atoms with van der Waals surface area (Å²) >= 11 is 0. The van der Waals surface area contributed by atoms with E-state index in [0.717, 1.165) is 56.0 Å². The maximum atomic E-state index is 14.2. The van der Waals surface area contributed by atoms with Crippen LogP contribution in [-0.4, -0.2) is 29.6 Å². The van der Waals surface area contributed by atoms with Crippen LogP contribution in [0.2, 0.25) is 0 Å². The van der Waals surface area contributed by atoms with Gasteiger partial charge in [0.25, 0.3) is 0 Å². The molecule has 1 aromatic heterocycles. The Balaban J connectivity index is 2.00. The van der Waals surface area contributed by atoms with E-state index in [1.165, 1.54) is 6.07 Å². The maximum Gasteiger partial charge on any atom is 0.164 e. The number of rotatable bonds is 4. The zero-order chi connectivity index (χ0) is 17.1. The van der Waals surface area contributed by atoms with Crippen LogP contribution in [0, 0.1) is 18.7 Å². The summed E-state index contributed by atoms with van der Waals surface area (Å²) in [4.78, 5) is 11.6. The van der Waals surface area contributed by atoms with Gasteiger partial charge < -0.3 is 10.6 Å². The molecular weight excluding hydrogens is 303 g/mol. The second-order valence-electron chi connectivity index (χ2n) is 6.43. The first-order chi connectivity index (χ1) is 11.6. The van der Waals surface area contributed by atoms with Crippen LogP contribution in [0.25, 0.3) is 11.4 Å². The summed E-state index contributed by atoms with van der Waals surface area (Å²) in [6, 6.07) is 6.69. The molecule has 1 aliphatic heterocycles. The first kappa shape index (κ1) is 16.8. The lowest BCUT2D eigenvalue weighted by Crippen LogP contribution is -2.37. The van der Waals surface area contributed by atoms with Crippen molar-refractivity contribution in [3.05, 3.63) is 41.3 Å². The lowest BCUT2D eigenvalue weighted by molar-refractivity contribution is 0.412. The van der Waals surface area contributed by atoms with Crippen LogP contribution < -0.4 is 10.6 Å². The van der Waals surface area contributed by atoms with Crippen LogP contribution in [0.5, 0.6) is 0 Å². The fraction of sp³-hybridized carbons (Fsp3) is 0.474. The van der Waals surface area contributed by atoms with Crippen molar-refractivity contribution in [2.45, 2.75) is 33.1 Å². The third-order valence-electron chi connectivity index (χ3n) is 4.91. The van der Waals surface area contributed by atoms with Crippen LogP contribution in [0.4, 0.5) is 10.2 Å². The van der Waals surface area contributed by atoms with Crippen molar-refractivity contribution in [2.24, 2.45) is 11.7 Å². The topological polar surface area (TPSA) is 55.0 Å². The van der Waals surface area contributed by atoms with Gasteiger partial charge in [0.05, 0.1) is 5.56 Å². The first-order valence-corrected chi connectivity index (χ1v) is 8.71. The molecule has 1 fully saturated rings. The van der Waals surface area contributed by atoms with Crippen LogP contribution in [0.3, 0.4) is 0 Å². The van der Waals surface area contributed by atoms with E-state index in [2.05, 4.69) is 16.8 Å². The van der Waals surface area contributed by atoms with E-state index in [0.29, 0.717) is 17.3 Å². The number of aromatic nitrogens is 2. The Morgan fingerprint density at radius 1 is 1.21 bits per heavy atom. The van der Waals surface area contributed by atoms with E-state index in [9.17, 15) is 4.39 Å². The molecule has 3 rings (SSSR count). The molecular formula is C19H25FN4. The van der Waals surface area contributed by atoms with Crippen LogP contribution in [0.15, 0.2) is 24.3 Å². The largest absolute Gasteiger partial charge is 0.356 e. The molecule has 128 valence electrons. The summed E-state index contributed by atoms with van der Waals surface area (Å²) in [5, 5.41) is 0. The molecule has 0 saturated carbocycles. The SMILES string of the molecule is CCc1c(C)nc(-c2ccccc2F)nc1N1CCC(CN)CC1. The minimum Gasteiger partial charge on any atom is -0.356 e. The Labute approximate surface area is 142 Å². The molecule has 1 saturated heterocycles. The standard InChI is InChI=1S/C19H25FN4/c1-3-15-13(2)22-18(16-6-4-5-7-17(16)20)23-19(15)24-10-8-14(12-21)9-11-24/h4-7,14H,3,8-12,21H2,1-2H3. The van der Waals surface area contributed by atoms with Gasteiger partial charge in [0.2, 0.25) is 0 Å². The fourth-order valence-electron chi connectivity index (χ4n) is 3.40. The number of hydrogen-bond acceptors (Lipinski definition) is 4. The average molecular weight is 328 g/mol. The highest BCUT2D eigenvalue weighted by molar-refractivity contribution is 5.61. The molecule has 0 bridgehead atoms. The van der Waals surface area contributed by atoms with E-state index >= 15 is 0 Å². The fourth-order valence-corrected chi connectivity index (χ4v) is 3.40. The summed E-state index contributed by atoms with van der Waals surface area (Å²) in [6.07, 6.45) is 3.03. The highest BCUT2D eigenvalue weighted by atomic mass is 19.1. The van der Waals surface area contributed by atoms with Crippen molar-refractivity contribution in [3.63, 3.8) is 0 Å². The second-order valence-corrected chi connectivity index (χ2v) is 6.43. The van der Waals surface area contributed by atoms with Crippen molar-refractivity contribution in [1.82, 2.24) is 9.97 Å². The predicted octanol–water partition coefficient (Wildman–Crippen LogP) is 3.33. The van der Waals surface area contributed by atoms with Gasteiger partial charge in [-0.2, -0.15) is 0 Å². The molecule has 0 radical (unpaired) electrons. The van der Waals surface area contributed by atoms with Gasteiger partial charge in [-0.1, -0.05) is 19.1 Å². The third-order valence-corrected chi connectivity index (χ3v) is 4.91. The van der Waals surface area contributed by atoms with Gasteiger partial charge in [-0.05, 0) is 50.8 Å². The molecule has 1 aromatic carbocycles. The van der Waals surface area contributed by atoms with Crippen molar-refractivity contribution in [3.8, 4) is 11.4 Å². The van der Waals surface area contributed by atoms with Crippen molar-refractivity contribution < 1.29 is 4.39 Å². The Kier molecular flexibility index (Phi) is 5.09. The van der Waals surface area contributed by atoms with Crippen molar-refractivity contribution in [1.29, 1.82) is 0 Å². The Hall–Kier alpha value is -2.01. The van der Waals surface area contributed by atoms with Gasteiger partial charge in [0.1, 0.15) is 11.6 Å². The highest BCUT2D eigenvalue weighted by Gasteiger charge is 2.23. The third kappa shape index (κ3) is 3.26. The molecule has 0 amide bonds. The second kappa shape index (κ2) is 7.26. The van der Waals surface area contributed by atoms with Gasteiger partial charge in [0, 0.05) is 24.3 Å². The highest BCUT2D eigenvalue weighted by Crippen LogP contribution is 2.29. The number of aryl methyl sites for hydroxylation is 1. The van der Waals surface area contributed by atoms with Gasteiger partial charge in [-0.3, -0.25) is 0 Å². The summed E-state index contributed by atoms with van der Waals surface area (Å²) < 4.78 is 14.2. The molecule has 24 heavy (non-hydrogen) atoms. The zero-order valence-electron chi connectivity index (χ0n) is 14.4. The summed E-state index contributed by atoms with van der Waals surface area (Å²) in [5.41, 5.74) is 8.34. The molecule has 0 aliphatic carbocycles. The van der Waals surface area contributed by atoms with Gasteiger partial charge in [-0.15, -0.1) is 0 Å². The van der Waals surface area contributed by atoms with Gasteiger partial charge in [-0.25, -0.2) is 14.4 Å². The first-order valence-electron chi connectivity index (χ1n) is 8.71. The smallest absolute Gasteiger partial charge is 0.164 e. The number of hydrogen-bond donors (Lipinski definition) is 1.